The molecule has 168 valence electrons. The van der Waals surface area contributed by atoms with Crippen LogP contribution >= 0.6 is 0 Å². The minimum absolute atomic E-state index is 0.00149. The molecule has 0 unspecified atom stereocenters. The van der Waals surface area contributed by atoms with Crippen LogP contribution in [-0.4, -0.2) is 55.0 Å². The molecule has 32 heavy (non-hydrogen) atoms. The number of fused-ring (bicyclic) bond motifs is 1. The van der Waals surface area contributed by atoms with Crippen molar-refractivity contribution in [2.75, 3.05) is 33.3 Å². The number of carbonyl (C=O) groups is 2. The number of benzene rings is 2. The van der Waals surface area contributed by atoms with Gasteiger partial charge in [-0.3, -0.25) is 14.5 Å². The molecular formula is C25H30N4O3. The number of nitrogens with two attached hydrogens (primary N) is 1. The van der Waals surface area contributed by atoms with Gasteiger partial charge in [-0.25, -0.2) is 0 Å². The Bertz CT molecular complexity index is 1070. The number of rotatable bonds is 8. The Kier molecular flexibility index (Phi) is 6.75. The molecule has 1 aromatic heterocycles. The van der Waals surface area contributed by atoms with E-state index in [1.807, 2.05) is 42.6 Å². The fourth-order valence-corrected chi connectivity index (χ4v) is 4.48. The Morgan fingerprint density at radius 1 is 1.16 bits per heavy atom. The first kappa shape index (κ1) is 21.9. The highest BCUT2D eigenvalue weighted by molar-refractivity contribution is 5.84. The number of aromatic amines is 1. The molecule has 0 spiro atoms. The number of likely N-dealkylation sites (tertiary alicyclic amines) is 1. The van der Waals surface area contributed by atoms with Crippen LogP contribution in [0.4, 0.5) is 0 Å². The molecule has 1 saturated heterocycles. The smallest absolute Gasteiger partial charge is 0.234 e. The van der Waals surface area contributed by atoms with E-state index in [-0.39, 0.29) is 23.7 Å². The summed E-state index contributed by atoms with van der Waals surface area (Å²) in [5.41, 5.74) is 8.74. The van der Waals surface area contributed by atoms with Gasteiger partial charge in [0, 0.05) is 35.5 Å². The molecule has 7 heteroatoms. The molecule has 0 aliphatic carbocycles. The molecule has 4 rings (SSSR count). The second kappa shape index (κ2) is 9.87. The molecule has 2 amide bonds. The Balaban J connectivity index is 1.46. The largest absolute Gasteiger partial charge is 0.497 e. The molecule has 4 N–H and O–H groups in total. The van der Waals surface area contributed by atoms with E-state index in [0.717, 1.165) is 27.8 Å². The number of hydrogen-bond acceptors (Lipinski definition) is 4. The second-order valence-corrected chi connectivity index (χ2v) is 8.37. The van der Waals surface area contributed by atoms with Gasteiger partial charge in [-0.1, -0.05) is 30.3 Å². The SMILES string of the molecule is COc1ccc([C@H](CNC(=O)CN2CCC(C(N)=O)CC2)c2c[nH]c3ccccc23)cc1. The number of para-hydroxylation sites is 1. The number of aromatic nitrogens is 1. The Labute approximate surface area is 187 Å². The maximum Gasteiger partial charge on any atom is 0.234 e. The lowest BCUT2D eigenvalue weighted by molar-refractivity contribution is -0.124. The van der Waals surface area contributed by atoms with Crippen LogP contribution in [0.1, 0.15) is 29.9 Å². The highest BCUT2D eigenvalue weighted by Crippen LogP contribution is 2.31. The summed E-state index contributed by atoms with van der Waals surface area (Å²) in [5.74, 6) is 0.475. The van der Waals surface area contributed by atoms with E-state index in [1.54, 1.807) is 7.11 Å². The average molecular weight is 435 g/mol. The van der Waals surface area contributed by atoms with Crippen molar-refractivity contribution < 1.29 is 14.3 Å². The van der Waals surface area contributed by atoms with E-state index in [0.29, 0.717) is 39.0 Å². The summed E-state index contributed by atoms with van der Waals surface area (Å²) < 4.78 is 5.30. The van der Waals surface area contributed by atoms with Gasteiger partial charge in [-0.15, -0.1) is 0 Å². The maximum absolute atomic E-state index is 12.7. The van der Waals surface area contributed by atoms with Crippen molar-refractivity contribution in [3.63, 3.8) is 0 Å². The predicted octanol–water partition coefficient (Wildman–Crippen LogP) is 2.62. The number of carbonyl (C=O) groups excluding carboxylic acids is 2. The van der Waals surface area contributed by atoms with Crippen molar-refractivity contribution in [3.05, 3.63) is 65.9 Å². The highest BCUT2D eigenvalue weighted by atomic mass is 16.5. The van der Waals surface area contributed by atoms with Crippen molar-refractivity contribution in [3.8, 4) is 5.75 Å². The van der Waals surface area contributed by atoms with Gasteiger partial charge < -0.3 is 20.8 Å². The fraction of sp³-hybridized carbons (Fsp3) is 0.360. The number of amides is 2. The fourth-order valence-electron chi connectivity index (χ4n) is 4.48. The third-order valence-corrected chi connectivity index (χ3v) is 6.38. The lowest BCUT2D eigenvalue weighted by Gasteiger charge is -2.30. The summed E-state index contributed by atoms with van der Waals surface area (Å²) in [6.07, 6.45) is 3.46. The van der Waals surface area contributed by atoms with Crippen molar-refractivity contribution in [1.29, 1.82) is 0 Å². The summed E-state index contributed by atoms with van der Waals surface area (Å²) in [6, 6.07) is 16.2. The first-order valence-corrected chi connectivity index (χ1v) is 11.0. The zero-order chi connectivity index (χ0) is 22.5. The van der Waals surface area contributed by atoms with E-state index in [1.165, 1.54) is 0 Å². The van der Waals surface area contributed by atoms with E-state index in [2.05, 4.69) is 27.3 Å². The number of H-pyrrole nitrogens is 1. The van der Waals surface area contributed by atoms with Gasteiger partial charge in [0.05, 0.1) is 13.7 Å². The van der Waals surface area contributed by atoms with E-state index < -0.39 is 0 Å². The summed E-state index contributed by atoms with van der Waals surface area (Å²) in [4.78, 5) is 29.5. The van der Waals surface area contributed by atoms with Crippen LogP contribution in [0, 0.1) is 5.92 Å². The minimum atomic E-state index is -0.241. The predicted molar refractivity (Wildman–Crippen MR) is 125 cm³/mol. The van der Waals surface area contributed by atoms with Gasteiger partial charge in [0.1, 0.15) is 5.75 Å². The third kappa shape index (κ3) is 4.94. The van der Waals surface area contributed by atoms with Gasteiger partial charge in [0.25, 0.3) is 0 Å². The molecule has 1 aliphatic heterocycles. The molecule has 1 aliphatic rings. The summed E-state index contributed by atoms with van der Waals surface area (Å²) in [5, 5.41) is 4.28. The van der Waals surface area contributed by atoms with Crippen molar-refractivity contribution in [1.82, 2.24) is 15.2 Å². The first-order valence-electron chi connectivity index (χ1n) is 11.0. The van der Waals surface area contributed by atoms with Gasteiger partial charge in [0.15, 0.2) is 0 Å². The number of ether oxygens (including phenoxy) is 1. The standard InChI is InChI=1S/C25H30N4O3/c1-32-19-8-6-17(7-9-19)21(22-15-27-23-5-3-2-4-20(22)23)14-28-24(30)16-29-12-10-18(11-13-29)25(26)31/h2-9,15,18,21,27H,10-14,16H2,1H3,(H2,26,31)(H,28,30)/t21-/m0/s1. The number of methoxy groups -OCH3 is 1. The molecule has 2 aromatic carbocycles. The zero-order valence-corrected chi connectivity index (χ0v) is 18.3. The summed E-state index contributed by atoms with van der Waals surface area (Å²) in [7, 11) is 1.65. The van der Waals surface area contributed by atoms with Crippen LogP contribution in [-0.2, 0) is 9.59 Å². The van der Waals surface area contributed by atoms with Crippen molar-refractivity contribution in [2.45, 2.75) is 18.8 Å². The molecule has 7 nitrogen and oxygen atoms in total. The molecule has 3 aromatic rings. The van der Waals surface area contributed by atoms with Crippen LogP contribution < -0.4 is 15.8 Å². The van der Waals surface area contributed by atoms with E-state index in [9.17, 15) is 9.59 Å². The lowest BCUT2D eigenvalue weighted by atomic mass is 9.90. The zero-order valence-electron chi connectivity index (χ0n) is 18.3. The van der Waals surface area contributed by atoms with Crippen LogP contribution in [0.5, 0.6) is 5.75 Å². The molecule has 2 heterocycles. The van der Waals surface area contributed by atoms with Crippen LogP contribution in [0.2, 0.25) is 0 Å². The molecular weight excluding hydrogens is 404 g/mol. The van der Waals surface area contributed by atoms with Crippen LogP contribution in [0.15, 0.2) is 54.7 Å². The number of nitrogens with one attached hydrogen (secondary N) is 2. The Morgan fingerprint density at radius 3 is 2.56 bits per heavy atom. The number of primary amides is 1. The van der Waals surface area contributed by atoms with Crippen LogP contribution in [0.3, 0.4) is 0 Å². The average Bonchev–Trinajstić information content (AvgIpc) is 3.24. The van der Waals surface area contributed by atoms with E-state index >= 15 is 0 Å². The van der Waals surface area contributed by atoms with E-state index in [4.69, 9.17) is 10.5 Å². The summed E-state index contributed by atoms with van der Waals surface area (Å²) in [6.45, 7) is 2.25. The molecule has 0 radical (unpaired) electrons. The first-order chi connectivity index (χ1) is 15.5. The normalized spacial score (nSPS) is 16.0. The number of nitrogens with zero attached hydrogens (tertiary/aromatic N) is 1. The lowest BCUT2D eigenvalue weighted by Crippen LogP contribution is -2.44. The summed E-state index contributed by atoms with van der Waals surface area (Å²) >= 11 is 0. The van der Waals surface area contributed by atoms with Crippen molar-refractivity contribution in [2.24, 2.45) is 11.7 Å². The van der Waals surface area contributed by atoms with Gasteiger partial charge >= 0.3 is 0 Å². The molecule has 0 bridgehead atoms. The maximum atomic E-state index is 12.7. The number of hydrogen-bond donors (Lipinski definition) is 3. The van der Waals surface area contributed by atoms with Gasteiger partial charge in [0.2, 0.25) is 11.8 Å². The Hall–Kier alpha value is -3.32. The van der Waals surface area contributed by atoms with Gasteiger partial charge in [-0.2, -0.15) is 0 Å². The topological polar surface area (TPSA) is 100 Å². The quantitative estimate of drug-likeness (QED) is 0.507. The molecule has 1 fully saturated rings. The molecule has 0 saturated carbocycles. The number of piperidine rings is 1. The van der Waals surface area contributed by atoms with Crippen LogP contribution in [0.25, 0.3) is 10.9 Å². The monoisotopic (exact) mass is 434 g/mol. The minimum Gasteiger partial charge on any atom is -0.497 e. The Morgan fingerprint density at radius 2 is 1.88 bits per heavy atom. The third-order valence-electron chi connectivity index (χ3n) is 6.38. The van der Waals surface area contributed by atoms with Gasteiger partial charge in [-0.05, 0) is 55.3 Å². The van der Waals surface area contributed by atoms with Crippen molar-refractivity contribution >= 4 is 22.7 Å². The highest BCUT2D eigenvalue weighted by Gasteiger charge is 2.25. The second-order valence-electron chi connectivity index (χ2n) is 8.37. The molecule has 1 atom stereocenters.